The SMILES string of the molecule is COC(=O)C1COCCN1C(=O)Nc1ccc(N)cc1. The van der Waals surface area contributed by atoms with Gasteiger partial charge in [-0.05, 0) is 24.3 Å². The number of nitrogen functional groups attached to an aromatic ring is 1. The lowest BCUT2D eigenvalue weighted by Crippen LogP contribution is -2.54. The summed E-state index contributed by atoms with van der Waals surface area (Å²) in [7, 11) is 1.28. The van der Waals surface area contributed by atoms with Crippen molar-refractivity contribution in [3.05, 3.63) is 24.3 Å². The van der Waals surface area contributed by atoms with Crippen molar-refractivity contribution in [2.24, 2.45) is 0 Å². The van der Waals surface area contributed by atoms with Gasteiger partial charge in [0.1, 0.15) is 0 Å². The Labute approximate surface area is 116 Å². The van der Waals surface area contributed by atoms with Gasteiger partial charge in [0.2, 0.25) is 0 Å². The Hall–Kier alpha value is -2.28. The number of carbonyl (C=O) groups excluding carboxylic acids is 2. The van der Waals surface area contributed by atoms with E-state index in [4.69, 9.17) is 10.5 Å². The molecule has 2 amide bonds. The maximum Gasteiger partial charge on any atom is 0.331 e. The Kier molecular flexibility index (Phi) is 4.41. The van der Waals surface area contributed by atoms with Gasteiger partial charge in [-0.15, -0.1) is 0 Å². The first kappa shape index (κ1) is 14.1. The first-order chi connectivity index (χ1) is 9.61. The highest BCUT2D eigenvalue weighted by molar-refractivity contribution is 5.92. The van der Waals surface area contributed by atoms with Gasteiger partial charge in [-0.25, -0.2) is 9.59 Å². The molecule has 0 bridgehead atoms. The Morgan fingerprint density at radius 1 is 1.40 bits per heavy atom. The number of nitrogens with two attached hydrogens (primary N) is 1. The minimum Gasteiger partial charge on any atom is -0.467 e. The van der Waals surface area contributed by atoms with Crippen LogP contribution in [0.1, 0.15) is 0 Å². The molecule has 1 aromatic rings. The van der Waals surface area contributed by atoms with Crippen molar-refractivity contribution >= 4 is 23.4 Å². The van der Waals surface area contributed by atoms with E-state index in [-0.39, 0.29) is 12.6 Å². The van der Waals surface area contributed by atoms with E-state index in [0.29, 0.717) is 24.5 Å². The maximum absolute atomic E-state index is 12.2. The highest BCUT2D eigenvalue weighted by atomic mass is 16.5. The van der Waals surface area contributed by atoms with Crippen LogP contribution in [-0.4, -0.2) is 49.8 Å². The zero-order chi connectivity index (χ0) is 14.5. The predicted octanol–water partition coefficient (Wildman–Crippen LogP) is 0.674. The Morgan fingerprint density at radius 2 is 2.10 bits per heavy atom. The Balaban J connectivity index is 2.05. The summed E-state index contributed by atoms with van der Waals surface area (Å²) in [4.78, 5) is 25.3. The number of esters is 1. The van der Waals surface area contributed by atoms with Gasteiger partial charge in [0.05, 0.1) is 20.3 Å². The average Bonchev–Trinajstić information content (AvgIpc) is 2.48. The van der Waals surface area contributed by atoms with Crippen molar-refractivity contribution in [1.29, 1.82) is 0 Å². The van der Waals surface area contributed by atoms with Crippen LogP contribution in [0.5, 0.6) is 0 Å². The van der Waals surface area contributed by atoms with E-state index < -0.39 is 12.0 Å². The molecule has 0 aliphatic carbocycles. The predicted molar refractivity (Wildman–Crippen MR) is 73.2 cm³/mol. The molecule has 1 saturated heterocycles. The summed E-state index contributed by atoms with van der Waals surface area (Å²) < 4.78 is 9.89. The van der Waals surface area contributed by atoms with Crippen LogP contribution in [-0.2, 0) is 14.3 Å². The van der Waals surface area contributed by atoms with E-state index in [1.54, 1.807) is 24.3 Å². The molecule has 0 aromatic heterocycles. The number of hydrogen-bond acceptors (Lipinski definition) is 5. The van der Waals surface area contributed by atoms with Crippen LogP contribution in [0.2, 0.25) is 0 Å². The number of anilines is 2. The molecule has 2 rings (SSSR count). The normalized spacial score (nSPS) is 18.4. The number of morpholine rings is 1. The number of hydrogen-bond donors (Lipinski definition) is 2. The first-order valence-electron chi connectivity index (χ1n) is 6.20. The first-order valence-corrected chi connectivity index (χ1v) is 6.20. The molecule has 3 N–H and O–H groups in total. The third-order valence-electron chi connectivity index (χ3n) is 3.02. The zero-order valence-corrected chi connectivity index (χ0v) is 11.2. The van der Waals surface area contributed by atoms with E-state index in [1.165, 1.54) is 12.0 Å². The average molecular weight is 279 g/mol. The van der Waals surface area contributed by atoms with Gasteiger partial charge in [-0.1, -0.05) is 0 Å². The molecule has 1 unspecified atom stereocenters. The molecule has 0 spiro atoms. The number of methoxy groups -OCH3 is 1. The standard InChI is InChI=1S/C13H17N3O4/c1-19-12(17)11-8-20-7-6-16(11)13(18)15-10-4-2-9(14)3-5-10/h2-5,11H,6-8,14H2,1H3,(H,15,18). The number of nitrogens with one attached hydrogen (secondary N) is 1. The third kappa shape index (κ3) is 3.18. The smallest absolute Gasteiger partial charge is 0.331 e. The fraction of sp³-hybridized carbons (Fsp3) is 0.385. The Morgan fingerprint density at radius 3 is 2.75 bits per heavy atom. The van der Waals surface area contributed by atoms with Crippen molar-refractivity contribution in [3.63, 3.8) is 0 Å². The molecule has 7 nitrogen and oxygen atoms in total. The molecule has 1 atom stereocenters. The van der Waals surface area contributed by atoms with Crippen molar-refractivity contribution in [2.45, 2.75) is 6.04 Å². The van der Waals surface area contributed by atoms with E-state index in [0.717, 1.165) is 0 Å². The summed E-state index contributed by atoms with van der Waals surface area (Å²) >= 11 is 0. The molecule has 20 heavy (non-hydrogen) atoms. The molecule has 0 radical (unpaired) electrons. The molecule has 1 heterocycles. The monoisotopic (exact) mass is 279 g/mol. The van der Waals surface area contributed by atoms with Crippen molar-refractivity contribution in [2.75, 3.05) is 37.9 Å². The molecular formula is C13H17N3O4. The molecule has 1 aliphatic heterocycles. The highest BCUT2D eigenvalue weighted by Crippen LogP contribution is 2.14. The second-order valence-corrected chi connectivity index (χ2v) is 4.36. The van der Waals surface area contributed by atoms with Gasteiger partial charge in [0.25, 0.3) is 0 Å². The van der Waals surface area contributed by atoms with Crippen molar-refractivity contribution < 1.29 is 19.1 Å². The van der Waals surface area contributed by atoms with Gasteiger partial charge in [-0.3, -0.25) is 0 Å². The van der Waals surface area contributed by atoms with Crippen LogP contribution in [0.25, 0.3) is 0 Å². The zero-order valence-electron chi connectivity index (χ0n) is 11.2. The van der Waals surface area contributed by atoms with Gasteiger partial charge >= 0.3 is 12.0 Å². The number of carbonyl (C=O) groups is 2. The number of ether oxygens (including phenoxy) is 2. The minimum absolute atomic E-state index is 0.141. The van der Waals surface area contributed by atoms with E-state index in [2.05, 4.69) is 10.1 Å². The number of nitrogens with zero attached hydrogens (tertiary/aromatic N) is 1. The molecule has 108 valence electrons. The van der Waals surface area contributed by atoms with Crippen molar-refractivity contribution in [3.8, 4) is 0 Å². The lowest BCUT2D eigenvalue weighted by molar-refractivity contribution is -0.150. The van der Waals surface area contributed by atoms with Crippen LogP contribution in [0.15, 0.2) is 24.3 Å². The summed E-state index contributed by atoms with van der Waals surface area (Å²) in [6.07, 6.45) is 0. The topological polar surface area (TPSA) is 93.9 Å². The van der Waals surface area contributed by atoms with Crippen LogP contribution in [0, 0.1) is 0 Å². The number of amides is 2. The van der Waals surface area contributed by atoms with Gasteiger partial charge in [-0.2, -0.15) is 0 Å². The largest absolute Gasteiger partial charge is 0.467 e. The summed E-state index contributed by atoms with van der Waals surface area (Å²) in [5, 5.41) is 2.72. The van der Waals surface area contributed by atoms with E-state index >= 15 is 0 Å². The van der Waals surface area contributed by atoms with Crippen LogP contribution in [0.4, 0.5) is 16.2 Å². The maximum atomic E-state index is 12.2. The van der Waals surface area contributed by atoms with Gasteiger partial charge in [0, 0.05) is 17.9 Å². The molecule has 1 fully saturated rings. The molecular weight excluding hydrogens is 262 g/mol. The lowest BCUT2D eigenvalue weighted by Gasteiger charge is -2.33. The molecule has 0 saturated carbocycles. The van der Waals surface area contributed by atoms with Crippen molar-refractivity contribution in [1.82, 2.24) is 4.90 Å². The summed E-state index contributed by atoms with van der Waals surface area (Å²) in [5.41, 5.74) is 6.80. The van der Waals surface area contributed by atoms with E-state index in [1.807, 2.05) is 0 Å². The third-order valence-corrected chi connectivity index (χ3v) is 3.02. The van der Waals surface area contributed by atoms with Crippen LogP contribution < -0.4 is 11.1 Å². The number of urea groups is 1. The summed E-state index contributed by atoms with van der Waals surface area (Å²) in [5.74, 6) is -0.489. The fourth-order valence-electron chi connectivity index (χ4n) is 1.94. The minimum atomic E-state index is -0.720. The lowest BCUT2D eigenvalue weighted by atomic mass is 10.2. The molecule has 1 aliphatic rings. The molecule has 1 aromatic carbocycles. The second-order valence-electron chi connectivity index (χ2n) is 4.36. The second kappa shape index (κ2) is 6.25. The van der Waals surface area contributed by atoms with Gasteiger partial charge in [0.15, 0.2) is 6.04 Å². The van der Waals surface area contributed by atoms with Crippen LogP contribution >= 0.6 is 0 Å². The van der Waals surface area contributed by atoms with Gasteiger partial charge < -0.3 is 25.4 Å². The van der Waals surface area contributed by atoms with Crippen LogP contribution in [0.3, 0.4) is 0 Å². The highest BCUT2D eigenvalue weighted by Gasteiger charge is 2.33. The quantitative estimate of drug-likeness (QED) is 0.613. The summed E-state index contributed by atoms with van der Waals surface area (Å²) in [6.45, 7) is 0.866. The Bertz CT molecular complexity index is 489. The molecule has 7 heteroatoms. The van der Waals surface area contributed by atoms with E-state index in [9.17, 15) is 9.59 Å². The fourth-order valence-corrected chi connectivity index (χ4v) is 1.94. The number of benzene rings is 1. The number of rotatable bonds is 2. The summed E-state index contributed by atoms with van der Waals surface area (Å²) in [6, 6.07) is 5.68.